The minimum atomic E-state index is 0.175. The molecule has 26 heavy (non-hydrogen) atoms. The fourth-order valence-electron chi connectivity index (χ4n) is 3.24. The molecule has 0 spiro atoms. The third-order valence-corrected chi connectivity index (χ3v) is 4.58. The molecule has 0 fully saturated rings. The summed E-state index contributed by atoms with van der Waals surface area (Å²) in [6.45, 7) is 9.34. The highest BCUT2D eigenvalue weighted by Gasteiger charge is 2.26. The lowest BCUT2D eigenvalue weighted by Crippen LogP contribution is -2.44. The number of rotatable bonds is 8. The van der Waals surface area contributed by atoms with Gasteiger partial charge >= 0.3 is 0 Å². The van der Waals surface area contributed by atoms with Crippen LogP contribution in [0.1, 0.15) is 18.0 Å². The Morgan fingerprint density at radius 1 is 1.23 bits per heavy atom. The molecule has 2 aromatic rings. The smallest absolute Gasteiger partial charge is 0.149 e. The minimum absolute atomic E-state index is 0.175. The summed E-state index contributed by atoms with van der Waals surface area (Å²) in [6, 6.07) is 14.9. The standard InChI is InChI=1S/C22H26N4/c1-3-9-17(4-2)13-15-23-21(18-10-6-5-7-11-18)20-16-25-19-12-8-14-24-22(19)26-20/h3-12,14,20-21,23,25H,1-2,13,15-16H2,(H,24,26)/b17-9+/t20-,21-/m1/s1. The van der Waals surface area contributed by atoms with Crippen LogP contribution in [0.15, 0.2) is 85.6 Å². The second-order valence-electron chi connectivity index (χ2n) is 6.31. The molecule has 4 nitrogen and oxygen atoms in total. The molecular weight excluding hydrogens is 320 g/mol. The van der Waals surface area contributed by atoms with Gasteiger partial charge in [-0.3, -0.25) is 0 Å². The number of hydrogen-bond acceptors (Lipinski definition) is 4. The second kappa shape index (κ2) is 9.02. The Bertz CT molecular complexity index is 767. The van der Waals surface area contributed by atoms with E-state index in [2.05, 4.69) is 58.4 Å². The van der Waals surface area contributed by atoms with Gasteiger partial charge in [-0.1, -0.05) is 61.7 Å². The van der Waals surface area contributed by atoms with E-state index in [9.17, 15) is 0 Å². The molecule has 0 saturated heterocycles. The molecule has 0 bridgehead atoms. The Morgan fingerprint density at radius 2 is 2.08 bits per heavy atom. The van der Waals surface area contributed by atoms with E-state index in [1.54, 1.807) is 6.08 Å². The van der Waals surface area contributed by atoms with Crippen molar-refractivity contribution in [1.29, 1.82) is 0 Å². The van der Waals surface area contributed by atoms with Crippen LogP contribution in [0.2, 0.25) is 0 Å². The van der Waals surface area contributed by atoms with Crippen molar-refractivity contribution in [2.24, 2.45) is 0 Å². The highest BCUT2D eigenvalue weighted by atomic mass is 15.2. The summed E-state index contributed by atoms with van der Waals surface area (Å²) < 4.78 is 0. The van der Waals surface area contributed by atoms with Gasteiger partial charge in [0, 0.05) is 12.7 Å². The molecule has 134 valence electrons. The molecule has 2 atom stereocenters. The molecule has 3 N–H and O–H groups in total. The molecule has 1 aromatic heterocycles. The molecule has 1 aliphatic rings. The number of anilines is 2. The van der Waals surface area contributed by atoms with Crippen molar-refractivity contribution in [3.05, 3.63) is 91.2 Å². The number of nitrogens with zero attached hydrogens (tertiary/aromatic N) is 1. The Morgan fingerprint density at radius 3 is 2.85 bits per heavy atom. The monoisotopic (exact) mass is 346 g/mol. The summed E-state index contributed by atoms with van der Waals surface area (Å²) in [4.78, 5) is 4.46. The molecule has 0 unspecified atom stereocenters. The topological polar surface area (TPSA) is 49.0 Å². The highest BCUT2D eigenvalue weighted by Crippen LogP contribution is 2.28. The zero-order valence-corrected chi connectivity index (χ0v) is 15.0. The minimum Gasteiger partial charge on any atom is -0.380 e. The van der Waals surface area contributed by atoms with Crippen LogP contribution in [0.5, 0.6) is 0 Å². The summed E-state index contributed by atoms with van der Waals surface area (Å²) in [5.41, 5.74) is 3.50. The molecule has 4 heteroatoms. The first kappa shape index (κ1) is 18.0. The summed E-state index contributed by atoms with van der Waals surface area (Å²) in [7, 11) is 0. The van der Waals surface area contributed by atoms with Crippen molar-refractivity contribution < 1.29 is 0 Å². The number of nitrogens with one attached hydrogen (secondary N) is 3. The van der Waals surface area contributed by atoms with Gasteiger partial charge in [-0.25, -0.2) is 4.98 Å². The second-order valence-corrected chi connectivity index (χ2v) is 6.31. The van der Waals surface area contributed by atoms with Crippen molar-refractivity contribution in [2.75, 3.05) is 23.7 Å². The maximum absolute atomic E-state index is 4.46. The Hall–Kier alpha value is -2.85. The zero-order valence-electron chi connectivity index (χ0n) is 15.0. The summed E-state index contributed by atoms with van der Waals surface area (Å²) >= 11 is 0. The zero-order chi connectivity index (χ0) is 18.2. The van der Waals surface area contributed by atoms with Crippen LogP contribution < -0.4 is 16.0 Å². The van der Waals surface area contributed by atoms with Gasteiger partial charge in [-0.05, 0) is 36.2 Å². The first-order chi connectivity index (χ1) is 12.8. The molecule has 0 saturated carbocycles. The van der Waals surface area contributed by atoms with E-state index in [0.717, 1.165) is 31.0 Å². The van der Waals surface area contributed by atoms with Crippen LogP contribution in [0.3, 0.4) is 0 Å². The van der Waals surface area contributed by atoms with Crippen molar-refractivity contribution >= 4 is 11.5 Å². The molecule has 1 aromatic carbocycles. The molecule has 1 aliphatic heterocycles. The van der Waals surface area contributed by atoms with Gasteiger partial charge in [0.15, 0.2) is 0 Å². The Balaban J connectivity index is 1.73. The first-order valence-corrected chi connectivity index (χ1v) is 8.99. The van der Waals surface area contributed by atoms with Crippen LogP contribution in [-0.4, -0.2) is 24.1 Å². The average Bonchev–Trinajstić information content (AvgIpc) is 2.70. The third kappa shape index (κ3) is 4.41. The van der Waals surface area contributed by atoms with E-state index >= 15 is 0 Å². The van der Waals surface area contributed by atoms with Crippen molar-refractivity contribution in [2.45, 2.75) is 18.5 Å². The molecule has 0 radical (unpaired) electrons. The maximum atomic E-state index is 4.46. The van der Waals surface area contributed by atoms with Gasteiger partial charge in [0.1, 0.15) is 5.82 Å². The molecule has 0 aliphatic carbocycles. The highest BCUT2D eigenvalue weighted by molar-refractivity contribution is 5.67. The lowest BCUT2D eigenvalue weighted by Gasteiger charge is -2.34. The number of benzene rings is 1. The van der Waals surface area contributed by atoms with E-state index < -0.39 is 0 Å². The molecular formula is C22H26N4. The largest absolute Gasteiger partial charge is 0.380 e. The van der Waals surface area contributed by atoms with E-state index in [4.69, 9.17) is 0 Å². The summed E-state index contributed by atoms with van der Waals surface area (Å²) in [6.07, 6.45) is 8.43. The van der Waals surface area contributed by atoms with Gasteiger partial charge in [-0.2, -0.15) is 0 Å². The summed E-state index contributed by atoms with van der Waals surface area (Å²) in [5.74, 6) is 0.907. The van der Waals surface area contributed by atoms with Crippen LogP contribution in [-0.2, 0) is 0 Å². The quantitative estimate of drug-likeness (QED) is 0.624. The Kier molecular flexibility index (Phi) is 6.23. The van der Waals surface area contributed by atoms with E-state index in [0.29, 0.717) is 0 Å². The maximum Gasteiger partial charge on any atom is 0.149 e. The summed E-state index contributed by atoms with van der Waals surface area (Å²) in [5, 5.41) is 10.8. The van der Waals surface area contributed by atoms with E-state index in [1.807, 2.05) is 36.5 Å². The molecule has 3 rings (SSSR count). The van der Waals surface area contributed by atoms with Crippen molar-refractivity contribution in [3.8, 4) is 0 Å². The first-order valence-electron chi connectivity index (χ1n) is 8.99. The van der Waals surface area contributed by atoms with Gasteiger partial charge in [-0.15, -0.1) is 0 Å². The number of fused-ring (bicyclic) bond motifs is 1. The lowest BCUT2D eigenvalue weighted by atomic mass is 9.97. The van der Waals surface area contributed by atoms with E-state index in [1.165, 1.54) is 11.1 Å². The predicted molar refractivity (Wildman–Crippen MR) is 110 cm³/mol. The average molecular weight is 346 g/mol. The van der Waals surface area contributed by atoms with Crippen molar-refractivity contribution in [1.82, 2.24) is 10.3 Å². The number of aromatic nitrogens is 1. The van der Waals surface area contributed by atoms with Gasteiger partial charge < -0.3 is 16.0 Å². The predicted octanol–water partition coefficient (Wildman–Crippen LogP) is 4.31. The SMILES string of the molecule is C=C/C=C(\C=C)CCN[C@H](c1ccccc1)[C@H]1CNc2cccnc2N1. The van der Waals surface area contributed by atoms with Gasteiger partial charge in [0.2, 0.25) is 0 Å². The Labute approximate surface area is 155 Å². The lowest BCUT2D eigenvalue weighted by molar-refractivity contribution is 0.472. The molecule has 0 amide bonds. The van der Waals surface area contributed by atoms with Crippen LogP contribution in [0.25, 0.3) is 0 Å². The third-order valence-electron chi connectivity index (χ3n) is 4.58. The van der Waals surface area contributed by atoms with Gasteiger partial charge in [0.25, 0.3) is 0 Å². The van der Waals surface area contributed by atoms with Crippen LogP contribution in [0, 0.1) is 0 Å². The number of allylic oxidation sites excluding steroid dienone is 3. The number of hydrogen-bond donors (Lipinski definition) is 3. The van der Waals surface area contributed by atoms with Gasteiger partial charge in [0.05, 0.1) is 17.8 Å². The van der Waals surface area contributed by atoms with Crippen LogP contribution >= 0.6 is 0 Å². The number of pyridine rings is 1. The normalized spacial score (nSPS) is 17.4. The van der Waals surface area contributed by atoms with Crippen LogP contribution in [0.4, 0.5) is 11.5 Å². The van der Waals surface area contributed by atoms with E-state index in [-0.39, 0.29) is 12.1 Å². The molecule has 2 heterocycles. The fourth-order valence-corrected chi connectivity index (χ4v) is 3.24. The fraction of sp³-hybridized carbons (Fsp3) is 0.227. The van der Waals surface area contributed by atoms with Crippen molar-refractivity contribution in [3.63, 3.8) is 0 Å².